The Morgan fingerprint density at radius 2 is 2.04 bits per heavy atom. The Morgan fingerprint density at radius 3 is 2.71 bits per heavy atom. The lowest BCUT2D eigenvalue weighted by Crippen LogP contribution is -2.35. The van der Waals surface area contributed by atoms with Crippen LogP contribution in [0.3, 0.4) is 0 Å². The lowest BCUT2D eigenvalue weighted by Gasteiger charge is -2.29. The molecule has 0 spiro atoms. The Bertz CT molecular complexity index is 985. The third-order valence-electron chi connectivity index (χ3n) is 4.55. The van der Waals surface area contributed by atoms with Crippen LogP contribution in [-0.2, 0) is 11.0 Å². The number of carboxylic acids is 1. The van der Waals surface area contributed by atoms with Crippen molar-refractivity contribution in [1.29, 1.82) is 0 Å². The predicted molar refractivity (Wildman–Crippen MR) is 97.4 cm³/mol. The fourth-order valence-electron chi connectivity index (χ4n) is 2.82. The Balaban J connectivity index is 1.87. The van der Waals surface area contributed by atoms with Crippen molar-refractivity contribution < 1.29 is 23.1 Å². The molecule has 9 heteroatoms. The molecule has 1 aliphatic rings. The van der Waals surface area contributed by atoms with E-state index in [-0.39, 0.29) is 18.1 Å². The number of hydrogen-bond acceptors (Lipinski definition) is 5. The maximum absolute atomic E-state index is 12.8. The van der Waals surface area contributed by atoms with Crippen LogP contribution in [0.15, 0.2) is 54.4 Å². The Labute approximate surface area is 158 Å². The third kappa shape index (κ3) is 3.83. The molecule has 3 rings (SSSR count). The van der Waals surface area contributed by atoms with Gasteiger partial charge in [-0.15, -0.1) is 0 Å². The van der Waals surface area contributed by atoms with E-state index in [2.05, 4.69) is 15.3 Å². The van der Waals surface area contributed by atoms with E-state index < -0.39 is 23.3 Å². The van der Waals surface area contributed by atoms with E-state index in [4.69, 9.17) is 5.73 Å². The van der Waals surface area contributed by atoms with Gasteiger partial charge in [-0.25, -0.2) is 9.97 Å². The van der Waals surface area contributed by atoms with E-state index in [1.165, 1.54) is 0 Å². The molecule has 0 fully saturated rings. The maximum atomic E-state index is 12.8. The van der Waals surface area contributed by atoms with Gasteiger partial charge in [-0.2, -0.15) is 13.2 Å². The van der Waals surface area contributed by atoms with Crippen molar-refractivity contribution in [2.45, 2.75) is 19.5 Å². The molecule has 0 saturated heterocycles. The van der Waals surface area contributed by atoms with E-state index in [0.717, 1.165) is 17.8 Å². The number of benzene rings is 1. The summed E-state index contributed by atoms with van der Waals surface area (Å²) in [6, 6.07) is 7.61. The van der Waals surface area contributed by atoms with Crippen molar-refractivity contribution in [3.63, 3.8) is 0 Å². The van der Waals surface area contributed by atoms with Crippen LogP contribution >= 0.6 is 0 Å². The second-order valence-electron chi connectivity index (χ2n) is 6.60. The zero-order valence-electron chi connectivity index (χ0n) is 14.8. The van der Waals surface area contributed by atoms with Gasteiger partial charge in [-0.05, 0) is 48.8 Å². The van der Waals surface area contributed by atoms with E-state index in [1.54, 1.807) is 43.3 Å². The molecule has 0 radical (unpaired) electrons. The Morgan fingerprint density at radius 1 is 1.29 bits per heavy atom. The molecule has 1 aliphatic carbocycles. The van der Waals surface area contributed by atoms with Crippen LogP contribution in [0.25, 0.3) is 5.57 Å². The van der Waals surface area contributed by atoms with Crippen LogP contribution in [-0.4, -0.2) is 21.0 Å². The van der Waals surface area contributed by atoms with E-state index >= 15 is 0 Å². The zero-order valence-corrected chi connectivity index (χ0v) is 14.8. The fraction of sp³-hybridized carbons (Fsp3) is 0.211. The van der Waals surface area contributed by atoms with Gasteiger partial charge in [0, 0.05) is 17.6 Å². The SMILES string of the molecule is CC1(C(=O)O)CC(c2cccc(Nc3nccc(C(F)(F)F)n3)c2)=CC=C1N. The van der Waals surface area contributed by atoms with Gasteiger partial charge < -0.3 is 16.2 Å². The number of carboxylic acid groups (broad SMARTS) is 1. The Hall–Kier alpha value is -3.36. The van der Waals surface area contributed by atoms with E-state index in [9.17, 15) is 23.1 Å². The summed E-state index contributed by atoms with van der Waals surface area (Å²) < 4.78 is 38.4. The summed E-state index contributed by atoms with van der Waals surface area (Å²) in [5, 5.41) is 12.2. The summed E-state index contributed by atoms with van der Waals surface area (Å²) in [6.45, 7) is 1.55. The summed E-state index contributed by atoms with van der Waals surface area (Å²) in [4.78, 5) is 18.9. The minimum absolute atomic E-state index is 0.189. The molecule has 146 valence electrons. The first-order chi connectivity index (χ1) is 13.1. The van der Waals surface area contributed by atoms with Gasteiger partial charge in [0.1, 0.15) is 11.1 Å². The molecule has 28 heavy (non-hydrogen) atoms. The van der Waals surface area contributed by atoms with Crippen LogP contribution in [0, 0.1) is 5.41 Å². The number of aromatic nitrogens is 2. The minimum atomic E-state index is -4.57. The molecule has 1 unspecified atom stereocenters. The quantitative estimate of drug-likeness (QED) is 0.731. The van der Waals surface area contributed by atoms with Crippen LogP contribution in [0.4, 0.5) is 24.8 Å². The van der Waals surface area contributed by atoms with Gasteiger partial charge in [0.25, 0.3) is 0 Å². The highest BCUT2D eigenvalue weighted by Crippen LogP contribution is 2.39. The van der Waals surface area contributed by atoms with Gasteiger partial charge in [0.05, 0.1) is 0 Å². The topological polar surface area (TPSA) is 101 Å². The van der Waals surface area contributed by atoms with E-state index in [0.29, 0.717) is 11.3 Å². The number of hydrogen-bond donors (Lipinski definition) is 3. The van der Waals surface area contributed by atoms with Crippen LogP contribution < -0.4 is 11.1 Å². The summed E-state index contributed by atoms with van der Waals surface area (Å²) in [7, 11) is 0. The molecule has 4 N–H and O–H groups in total. The Kier molecular flexibility index (Phi) is 4.84. The normalized spacial score (nSPS) is 19.6. The molecule has 2 aromatic rings. The molecule has 1 atom stereocenters. The second-order valence-corrected chi connectivity index (χ2v) is 6.60. The number of nitrogens with one attached hydrogen (secondary N) is 1. The molecule has 1 aromatic heterocycles. The fourth-order valence-corrected chi connectivity index (χ4v) is 2.82. The highest BCUT2D eigenvalue weighted by molar-refractivity contribution is 5.84. The first-order valence-corrected chi connectivity index (χ1v) is 8.27. The smallest absolute Gasteiger partial charge is 0.433 e. The van der Waals surface area contributed by atoms with E-state index in [1.807, 2.05) is 0 Å². The monoisotopic (exact) mass is 390 g/mol. The molecule has 1 heterocycles. The average Bonchev–Trinajstić information content (AvgIpc) is 2.63. The number of anilines is 2. The largest absolute Gasteiger partial charge is 0.481 e. The minimum Gasteiger partial charge on any atom is -0.481 e. The first kappa shape index (κ1) is 19.4. The highest BCUT2D eigenvalue weighted by atomic mass is 19.4. The third-order valence-corrected chi connectivity index (χ3v) is 4.55. The van der Waals surface area contributed by atoms with Crippen molar-refractivity contribution in [1.82, 2.24) is 9.97 Å². The number of aliphatic carboxylic acids is 1. The molecular formula is C19H17F3N4O2. The van der Waals surface area contributed by atoms with Gasteiger partial charge in [-0.1, -0.05) is 18.2 Å². The predicted octanol–water partition coefficient (Wildman–Crippen LogP) is 3.96. The zero-order chi connectivity index (χ0) is 20.5. The van der Waals surface area contributed by atoms with Gasteiger partial charge in [-0.3, -0.25) is 4.79 Å². The van der Waals surface area contributed by atoms with Crippen molar-refractivity contribution in [2.75, 3.05) is 5.32 Å². The van der Waals surface area contributed by atoms with Crippen LogP contribution in [0.2, 0.25) is 0 Å². The lowest BCUT2D eigenvalue weighted by molar-refractivity contribution is -0.145. The first-order valence-electron chi connectivity index (χ1n) is 8.27. The summed E-state index contributed by atoms with van der Waals surface area (Å²) in [6.07, 6.45) is -0.0592. The van der Waals surface area contributed by atoms with Crippen LogP contribution in [0.5, 0.6) is 0 Å². The van der Waals surface area contributed by atoms with Gasteiger partial charge >= 0.3 is 12.1 Å². The van der Waals surface area contributed by atoms with Crippen molar-refractivity contribution >= 4 is 23.2 Å². The van der Waals surface area contributed by atoms with Gasteiger partial charge in [0.2, 0.25) is 5.95 Å². The standard InChI is InChI=1S/C19H17F3N4O2/c1-18(16(27)28)10-12(5-6-14(18)23)11-3-2-4-13(9-11)25-17-24-8-7-15(26-17)19(20,21)22/h2-9H,10,23H2,1H3,(H,27,28)(H,24,25,26). The number of carbonyl (C=O) groups is 1. The molecule has 0 saturated carbocycles. The number of alkyl halides is 3. The number of rotatable bonds is 4. The van der Waals surface area contributed by atoms with Crippen molar-refractivity contribution in [3.05, 3.63) is 65.6 Å². The summed E-state index contributed by atoms with van der Waals surface area (Å²) in [5.74, 6) is -1.22. The molecule has 6 nitrogen and oxygen atoms in total. The van der Waals surface area contributed by atoms with Crippen molar-refractivity contribution in [2.24, 2.45) is 11.1 Å². The molecule has 1 aromatic carbocycles. The lowest BCUT2D eigenvalue weighted by atomic mass is 9.76. The molecular weight excluding hydrogens is 373 g/mol. The summed E-state index contributed by atoms with van der Waals surface area (Å²) >= 11 is 0. The average molecular weight is 390 g/mol. The highest BCUT2D eigenvalue weighted by Gasteiger charge is 2.38. The van der Waals surface area contributed by atoms with Crippen molar-refractivity contribution in [3.8, 4) is 0 Å². The molecule has 0 bridgehead atoms. The number of nitrogens with two attached hydrogens (primary N) is 1. The summed E-state index contributed by atoms with van der Waals surface area (Å²) in [5.41, 5.74) is 5.77. The molecule has 0 amide bonds. The number of allylic oxidation sites excluding steroid dienone is 3. The van der Waals surface area contributed by atoms with Crippen LogP contribution in [0.1, 0.15) is 24.6 Å². The number of nitrogens with zero attached hydrogens (tertiary/aromatic N) is 2. The number of halogens is 3. The second kappa shape index (κ2) is 6.99. The molecule has 0 aliphatic heterocycles. The maximum Gasteiger partial charge on any atom is 0.433 e. The van der Waals surface area contributed by atoms with Gasteiger partial charge in [0.15, 0.2) is 0 Å².